The monoisotopic (exact) mass is 258 g/mol. The van der Waals surface area contributed by atoms with E-state index in [0.717, 1.165) is 12.8 Å². The summed E-state index contributed by atoms with van der Waals surface area (Å²) in [4.78, 5) is 0. The lowest BCUT2D eigenvalue weighted by atomic mass is 9.83. The molecular formula is C20H18. The average molecular weight is 258 g/mol. The predicted octanol–water partition coefficient (Wildman–Crippen LogP) is 4.95. The van der Waals surface area contributed by atoms with Gasteiger partial charge in [0, 0.05) is 0 Å². The quantitative estimate of drug-likeness (QED) is 0.418. The average Bonchev–Trinajstić information content (AvgIpc) is 2.44. The van der Waals surface area contributed by atoms with E-state index in [2.05, 4.69) is 62.4 Å². The van der Waals surface area contributed by atoms with Gasteiger partial charge in [-0.1, -0.05) is 48.5 Å². The molecule has 0 atom stereocenters. The van der Waals surface area contributed by atoms with Crippen molar-refractivity contribution in [3.8, 4) is 0 Å². The van der Waals surface area contributed by atoms with Crippen LogP contribution < -0.4 is 0 Å². The van der Waals surface area contributed by atoms with Crippen molar-refractivity contribution in [2.24, 2.45) is 0 Å². The zero-order chi connectivity index (χ0) is 13.7. The molecule has 0 fully saturated rings. The van der Waals surface area contributed by atoms with Crippen LogP contribution in [0.3, 0.4) is 0 Å². The first-order chi connectivity index (χ1) is 9.70. The largest absolute Gasteiger partial charge is 0.0616 e. The van der Waals surface area contributed by atoms with E-state index < -0.39 is 0 Å². The Labute approximate surface area is 120 Å². The van der Waals surface area contributed by atoms with E-state index in [4.69, 9.17) is 0 Å². The fraction of sp³-hybridized carbons (Fsp3) is 0.200. The van der Waals surface area contributed by atoms with Gasteiger partial charge in [-0.15, -0.1) is 0 Å². The number of hydrogen-bond donors (Lipinski definition) is 0. The maximum atomic E-state index is 2.38. The zero-order valence-corrected chi connectivity index (χ0v) is 12.0. The van der Waals surface area contributed by atoms with Crippen LogP contribution in [-0.2, 0) is 12.8 Å². The molecule has 0 heterocycles. The van der Waals surface area contributed by atoms with Crippen LogP contribution in [0.2, 0.25) is 0 Å². The molecule has 0 bridgehead atoms. The highest BCUT2D eigenvalue weighted by atomic mass is 14.2. The Bertz CT molecular complexity index is 755. The van der Waals surface area contributed by atoms with Gasteiger partial charge in [-0.25, -0.2) is 0 Å². The van der Waals surface area contributed by atoms with Crippen LogP contribution in [0.15, 0.2) is 48.5 Å². The zero-order valence-electron chi connectivity index (χ0n) is 12.0. The Hall–Kier alpha value is -2.08. The topological polar surface area (TPSA) is 0 Å². The van der Waals surface area contributed by atoms with Gasteiger partial charge in [0.05, 0.1) is 0 Å². The third kappa shape index (κ3) is 1.76. The Morgan fingerprint density at radius 2 is 1.00 bits per heavy atom. The SMILES string of the molecule is Cc1cc2c(cc1C)Cc1cc3ccccc3cc1C2. The number of aryl methyl sites for hydroxylation is 2. The second kappa shape index (κ2) is 4.21. The summed E-state index contributed by atoms with van der Waals surface area (Å²) in [5.41, 5.74) is 8.84. The Balaban J connectivity index is 1.89. The molecule has 0 saturated carbocycles. The van der Waals surface area contributed by atoms with Crippen LogP contribution in [0.1, 0.15) is 33.4 Å². The van der Waals surface area contributed by atoms with Crippen LogP contribution >= 0.6 is 0 Å². The molecule has 3 aromatic carbocycles. The molecule has 0 spiro atoms. The van der Waals surface area contributed by atoms with Crippen molar-refractivity contribution in [2.45, 2.75) is 26.7 Å². The van der Waals surface area contributed by atoms with Gasteiger partial charge >= 0.3 is 0 Å². The molecule has 98 valence electrons. The highest BCUT2D eigenvalue weighted by Gasteiger charge is 2.16. The number of rotatable bonds is 0. The van der Waals surface area contributed by atoms with Crippen LogP contribution in [0.25, 0.3) is 10.8 Å². The van der Waals surface area contributed by atoms with Crippen molar-refractivity contribution >= 4 is 10.8 Å². The molecular weight excluding hydrogens is 240 g/mol. The van der Waals surface area contributed by atoms with Gasteiger partial charge < -0.3 is 0 Å². The first kappa shape index (κ1) is 11.7. The number of hydrogen-bond acceptors (Lipinski definition) is 0. The molecule has 0 heteroatoms. The summed E-state index contributed by atoms with van der Waals surface area (Å²) in [7, 11) is 0. The van der Waals surface area contributed by atoms with E-state index in [-0.39, 0.29) is 0 Å². The Morgan fingerprint density at radius 1 is 0.600 bits per heavy atom. The smallest absolute Gasteiger partial charge is 0.00197 e. The number of benzene rings is 3. The third-order valence-electron chi connectivity index (χ3n) is 4.65. The van der Waals surface area contributed by atoms with Crippen molar-refractivity contribution in [1.82, 2.24) is 0 Å². The molecule has 0 aliphatic heterocycles. The minimum absolute atomic E-state index is 1.08. The first-order valence-electron chi connectivity index (χ1n) is 7.30. The first-order valence-corrected chi connectivity index (χ1v) is 7.30. The highest BCUT2D eigenvalue weighted by molar-refractivity contribution is 5.84. The standard InChI is InChI=1S/C20H18/c1-13-7-17-11-19-9-15-5-3-4-6-16(15)10-20(19)12-18(17)8-14(13)2/h3-10H,11-12H2,1-2H3. The minimum atomic E-state index is 1.08. The molecule has 0 unspecified atom stereocenters. The molecule has 20 heavy (non-hydrogen) atoms. The normalized spacial score (nSPS) is 13.1. The van der Waals surface area contributed by atoms with E-state index in [0.29, 0.717) is 0 Å². The predicted molar refractivity (Wildman–Crippen MR) is 85.5 cm³/mol. The van der Waals surface area contributed by atoms with Crippen LogP contribution in [0, 0.1) is 13.8 Å². The van der Waals surface area contributed by atoms with Crippen molar-refractivity contribution in [3.63, 3.8) is 0 Å². The molecule has 4 rings (SSSR count). The molecule has 0 N–H and O–H groups in total. The van der Waals surface area contributed by atoms with Gasteiger partial charge in [0.1, 0.15) is 0 Å². The van der Waals surface area contributed by atoms with Gasteiger partial charge in [0.15, 0.2) is 0 Å². The van der Waals surface area contributed by atoms with E-state index >= 15 is 0 Å². The molecule has 0 nitrogen and oxygen atoms in total. The Morgan fingerprint density at radius 3 is 1.45 bits per heavy atom. The lowest BCUT2D eigenvalue weighted by Crippen LogP contribution is -2.08. The fourth-order valence-electron chi connectivity index (χ4n) is 3.34. The summed E-state index contributed by atoms with van der Waals surface area (Å²) in [6.45, 7) is 4.43. The number of fused-ring (bicyclic) bond motifs is 3. The van der Waals surface area contributed by atoms with E-state index in [1.165, 1.54) is 44.2 Å². The summed E-state index contributed by atoms with van der Waals surface area (Å²) >= 11 is 0. The van der Waals surface area contributed by atoms with E-state index in [1.54, 1.807) is 0 Å². The summed E-state index contributed by atoms with van der Waals surface area (Å²) in [5, 5.41) is 2.72. The highest BCUT2D eigenvalue weighted by Crippen LogP contribution is 2.31. The molecule has 0 saturated heterocycles. The van der Waals surface area contributed by atoms with Gasteiger partial charge in [-0.2, -0.15) is 0 Å². The van der Waals surface area contributed by atoms with Gasteiger partial charge in [0.25, 0.3) is 0 Å². The maximum Gasteiger partial charge on any atom is -0.00197 e. The van der Waals surface area contributed by atoms with Crippen LogP contribution in [0.4, 0.5) is 0 Å². The van der Waals surface area contributed by atoms with Gasteiger partial charge in [0.2, 0.25) is 0 Å². The van der Waals surface area contributed by atoms with Crippen molar-refractivity contribution in [1.29, 1.82) is 0 Å². The molecule has 3 aromatic rings. The van der Waals surface area contributed by atoms with Crippen LogP contribution in [-0.4, -0.2) is 0 Å². The summed E-state index contributed by atoms with van der Waals surface area (Å²) in [6.07, 6.45) is 2.16. The van der Waals surface area contributed by atoms with Crippen molar-refractivity contribution in [3.05, 3.63) is 81.9 Å². The molecule has 1 aliphatic carbocycles. The maximum absolute atomic E-state index is 2.38. The Kier molecular flexibility index (Phi) is 2.47. The van der Waals surface area contributed by atoms with Crippen molar-refractivity contribution in [2.75, 3.05) is 0 Å². The van der Waals surface area contributed by atoms with E-state index in [1.807, 2.05) is 0 Å². The second-order valence-corrected chi connectivity index (χ2v) is 6.03. The minimum Gasteiger partial charge on any atom is -0.0616 e. The molecule has 0 radical (unpaired) electrons. The van der Waals surface area contributed by atoms with E-state index in [9.17, 15) is 0 Å². The van der Waals surface area contributed by atoms with Gasteiger partial charge in [-0.3, -0.25) is 0 Å². The molecule has 0 amide bonds. The van der Waals surface area contributed by atoms with Crippen molar-refractivity contribution < 1.29 is 0 Å². The lowest BCUT2D eigenvalue weighted by molar-refractivity contribution is 0.996. The molecule has 1 aliphatic rings. The summed E-state index contributed by atoms with van der Waals surface area (Å²) in [5.74, 6) is 0. The second-order valence-electron chi connectivity index (χ2n) is 6.03. The third-order valence-corrected chi connectivity index (χ3v) is 4.65. The van der Waals surface area contributed by atoms with Gasteiger partial charge in [-0.05, 0) is 70.8 Å². The lowest BCUT2D eigenvalue weighted by Gasteiger charge is -2.22. The summed E-state index contributed by atoms with van der Waals surface area (Å²) < 4.78 is 0. The summed E-state index contributed by atoms with van der Waals surface area (Å²) in [6, 6.07) is 18.2. The fourth-order valence-corrected chi connectivity index (χ4v) is 3.34. The van der Waals surface area contributed by atoms with Crippen LogP contribution in [0.5, 0.6) is 0 Å². The molecule has 0 aromatic heterocycles.